The number of methoxy groups -OCH3 is 1. The molecule has 6 nitrogen and oxygen atoms in total. The average Bonchev–Trinajstić information content (AvgIpc) is 3.04. The van der Waals surface area contributed by atoms with Gasteiger partial charge in [0, 0.05) is 11.5 Å². The van der Waals surface area contributed by atoms with Crippen LogP contribution in [0.2, 0.25) is 0 Å². The highest BCUT2D eigenvalue weighted by atomic mass is 32.1. The second kappa shape index (κ2) is 4.69. The Balaban J connectivity index is 1.87. The van der Waals surface area contributed by atoms with E-state index in [1.54, 1.807) is 6.07 Å². The molecular formula is C12H10N4O2S. The summed E-state index contributed by atoms with van der Waals surface area (Å²) in [6.45, 7) is 0. The maximum atomic E-state index is 12.1. The van der Waals surface area contributed by atoms with Crippen LogP contribution in [0, 0.1) is 0 Å². The molecule has 0 aliphatic heterocycles. The number of hydrogen-bond donors (Lipinski definition) is 2. The van der Waals surface area contributed by atoms with E-state index in [4.69, 9.17) is 4.74 Å². The Morgan fingerprint density at radius 1 is 1.42 bits per heavy atom. The number of benzene rings is 1. The van der Waals surface area contributed by atoms with Crippen LogP contribution < -0.4 is 10.1 Å². The number of carbonyl (C=O) groups excluding carboxylic acids is 1. The van der Waals surface area contributed by atoms with Crippen molar-refractivity contribution in [3.05, 3.63) is 36.0 Å². The Kier molecular flexibility index (Phi) is 2.88. The van der Waals surface area contributed by atoms with Crippen LogP contribution in [0.4, 0.5) is 5.00 Å². The Morgan fingerprint density at radius 3 is 3.05 bits per heavy atom. The summed E-state index contributed by atoms with van der Waals surface area (Å²) in [6.07, 6.45) is 0. The molecule has 3 aromatic rings. The zero-order chi connectivity index (χ0) is 13.2. The SMILES string of the molecule is COc1cc(NC(=O)c2n[nH]c3ccccc23)sn1. The van der Waals surface area contributed by atoms with Gasteiger partial charge in [0.15, 0.2) is 5.69 Å². The number of carbonyl (C=O) groups is 1. The fourth-order valence-electron chi connectivity index (χ4n) is 1.72. The number of aromatic amines is 1. The van der Waals surface area contributed by atoms with Crippen LogP contribution in [-0.2, 0) is 0 Å². The topological polar surface area (TPSA) is 79.9 Å². The Bertz CT molecular complexity index is 734. The predicted octanol–water partition coefficient (Wildman–Crippen LogP) is 2.28. The highest BCUT2D eigenvalue weighted by molar-refractivity contribution is 7.10. The molecule has 0 aliphatic carbocycles. The van der Waals surface area contributed by atoms with Crippen LogP contribution in [0.3, 0.4) is 0 Å². The molecule has 19 heavy (non-hydrogen) atoms. The minimum atomic E-state index is -0.274. The third-order valence-corrected chi connectivity index (χ3v) is 3.31. The molecule has 0 bridgehead atoms. The second-order valence-electron chi connectivity index (χ2n) is 3.81. The van der Waals surface area contributed by atoms with Gasteiger partial charge in [0.05, 0.1) is 12.6 Å². The fraction of sp³-hybridized carbons (Fsp3) is 0.0833. The number of para-hydroxylation sites is 1. The average molecular weight is 274 g/mol. The molecule has 0 saturated heterocycles. The molecule has 2 heterocycles. The highest BCUT2D eigenvalue weighted by Crippen LogP contribution is 2.23. The maximum absolute atomic E-state index is 12.1. The van der Waals surface area contributed by atoms with Crippen molar-refractivity contribution in [2.45, 2.75) is 0 Å². The van der Waals surface area contributed by atoms with Gasteiger partial charge in [-0.2, -0.15) is 9.47 Å². The lowest BCUT2D eigenvalue weighted by molar-refractivity contribution is 0.102. The van der Waals surface area contributed by atoms with Crippen LogP contribution in [0.25, 0.3) is 10.9 Å². The molecule has 96 valence electrons. The minimum Gasteiger partial charge on any atom is -0.480 e. The van der Waals surface area contributed by atoms with Gasteiger partial charge in [-0.15, -0.1) is 0 Å². The monoisotopic (exact) mass is 274 g/mol. The van der Waals surface area contributed by atoms with Gasteiger partial charge < -0.3 is 10.1 Å². The van der Waals surface area contributed by atoms with Crippen molar-refractivity contribution in [1.82, 2.24) is 14.6 Å². The number of nitrogens with zero attached hydrogens (tertiary/aromatic N) is 2. The first-order chi connectivity index (χ1) is 9.28. The van der Waals surface area contributed by atoms with Crippen LogP contribution >= 0.6 is 11.5 Å². The van der Waals surface area contributed by atoms with Gasteiger partial charge in [-0.3, -0.25) is 9.89 Å². The predicted molar refractivity (Wildman–Crippen MR) is 72.7 cm³/mol. The molecule has 0 spiro atoms. The largest absolute Gasteiger partial charge is 0.480 e. The van der Waals surface area contributed by atoms with Crippen LogP contribution in [-0.4, -0.2) is 27.6 Å². The number of rotatable bonds is 3. The van der Waals surface area contributed by atoms with E-state index in [0.29, 0.717) is 16.6 Å². The van der Waals surface area contributed by atoms with E-state index in [0.717, 1.165) is 22.4 Å². The number of H-pyrrole nitrogens is 1. The fourth-order valence-corrected chi connectivity index (χ4v) is 2.33. The number of hydrogen-bond acceptors (Lipinski definition) is 5. The number of aromatic nitrogens is 3. The summed E-state index contributed by atoms with van der Waals surface area (Å²) < 4.78 is 8.97. The Labute approximate surface area is 112 Å². The first-order valence-electron chi connectivity index (χ1n) is 5.53. The van der Waals surface area contributed by atoms with Crippen molar-refractivity contribution in [2.24, 2.45) is 0 Å². The summed E-state index contributed by atoms with van der Waals surface area (Å²) in [5.41, 5.74) is 1.19. The van der Waals surface area contributed by atoms with E-state index in [1.165, 1.54) is 7.11 Å². The number of fused-ring (bicyclic) bond motifs is 1. The van der Waals surface area contributed by atoms with Gasteiger partial charge in [0.25, 0.3) is 5.91 Å². The Hall–Kier alpha value is -2.41. The molecule has 7 heteroatoms. The van der Waals surface area contributed by atoms with Crippen molar-refractivity contribution in [3.63, 3.8) is 0 Å². The minimum absolute atomic E-state index is 0.274. The quantitative estimate of drug-likeness (QED) is 0.768. The van der Waals surface area contributed by atoms with Gasteiger partial charge in [0.1, 0.15) is 5.00 Å². The number of ether oxygens (including phenoxy) is 1. The van der Waals surface area contributed by atoms with Gasteiger partial charge >= 0.3 is 0 Å². The van der Waals surface area contributed by atoms with E-state index >= 15 is 0 Å². The van der Waals surface area contributed by atoms with Crippen molar-refractivity contribution in [1.29, 1.82) is 0 Å². The van der Waals surface area contributed by atoms with E-state index in [-0.39, 0.29) is 5.91 Å². The highest BCUT2D eigenvalue weighted by Gasteiger charge is 2.15. The van der Waals surface area contributed by atoms with Crippen molar-refractivity contribution in [3.8, 4) is 5.88 Å². The summed E-state index contributed by atoms with van der Waals surface area (Å²) in [6, 6.07) is 9.13. The summed E-state index contributed by atoms with van der Waals surface area (Å²) in [4.78, 5) is 12.1. The molecule has 3 rings (SSSR count). The molecule has 0 aliphatic rings. The summed E-state index contributed by atoms with van der Waals surface area (Å²) in [5, 5.41) is 11.0. The van der Waals surface area contributed by atoms with Gasteiger partial charge in [-0.05, 0) is 17.6 Å². The standard InChI is InChI=1S/C12H10N4O2S/c1-18-9-6-10(19-16-9)13-12(17)11-7-4-2-3-5-8(7)14-15-11/h2-6H,1H3,(H,13,17)(H,14,15). The molecular weight excluding hydrogens is 264 g/mol. The third-order valence-electron chi connectivity index (χ3n) is 2.62. The van der Waals surface area contributed by atoms with Crippen LogP contribution in [0.1, 0.15) is 10.5 Å². The lowest BCUT2D eigenvalue weighted by Crippen LogP contribution is -2.11. The molecule has 0 unspecified atom stereocenters. The second-order valence-corrected chi connectivity index (χ2v) is 4.61. The summed E-state index contributed by atoms with van der Waals surface area (Å²) in [5.74, 6) is 0.205. The third kappa shape index (κ3) is 2.15. The maximum Gasteiger partial charge on any atom is 0.277 e. The Morgan fingerprint density at radius 2 is 2.26 bits per heavy atom. The van der Waals surface area contributed by atoms with Crippen LogP contribution in [0.15, 0.2) is 30.3 Å². The van der Waals surface area contributed by atoms with E-state index in [9.17, 15) is 4.79 Å². The molecule has 0 radical (unpaired) electrons. The first kappa shape index (κ1) is 11.7. The molecule has 0 saturated carbocycles. The van der Waals surface area contributed by atoms with Crippen molar-refractivity contribution in [2.75, 3.05) is 12.4 Å². The summed E-state index contributed by atoms with van der Waals surface area (Å²) >= 11 is 1.16. The number of nitrogens with one attached hydrogen (secondary N) is 2. The van der Waals surface area contributed by atoms with Crippen molar-refractivity contribution >= 4 is 33.3 Å². The van der Waals surface area contributed by atoms with Crippen LogP contribution in [0.5, 0.6) is 5.88 Å². The van der Waals surface area contributed by atoms with E-state index < -0.39 is 0 Å². The van der Waals surface area contributed by atoms with Gasteiger partial charge in [0.2, 0.25) is 5.88 Å². The molecule has 0 atom stereocenters. The lowest BCUT2D eigenvalue weighted by Gasteiger charge is -1.98. The van der Waals surface area contributed by atoms with Gasteiger partial charge in [-0.1, -0.05) is 18.2 Å². The molecule has 2 aromatic heterocycles. The molecule has 1 aromatic carbocycles. The number of anilines is 1. The smallest absolute Gasteiger partial charge is 0.277 e. The number of amides is 1. The zero-order valence-electron chi connectivity index (χ0n) is 10.0. The van der Waals surface area contributed by atoms with E-state index in [2.05, 4.69) is 19.9 Å². The molecule has 0 fully saturated rings. The first-order valence-corrected chi connectivity index (χ1v) is 6.30. The molecule has 1 amide bonds. The van der Waals surface area contributed by atoms with Gasteiger partial charge in [-0.25, -0.2) is 0 Å². The molecule has 2 N–H and O–H groups in total. The summed E-state index contributed by atoms with van der Waals surface area (Å²) in [7, 11) is 1.53. The lowest BCUT2D eigenvalue weighted by atomic mass is 10.2. The zero-order valence-corrected chi connectivity index (χ0v) is 10.8. The van der Waals surface area contributed by atoms with Crippen molar-refractivity contribution < 1.29 is 9.53 Å². The van der Waals surface area contributed by atoms with E-state index in [1.807, 2.05) is 24.3 Å². The normalized spacial score (nSPS) is 10.6.